The van der Waals surface area contributed by atoms with Crippen LogP contribution in [-0.2, 0) is 6.54 Å². The second-order valence-electron chi connectivity index (χ2n) is 4.60. The molecular weight excluding hydrogens is 258 g/mol. The van der Waals surface area contributed by atoms with Crippen LogP contribution in [0.1, 0.15) is 35.0 Å². The normalized spacial score (nSPS) is 10.7. The van der Waals surface area contributed by atoms with Crippen LogP contribution in [0.15, 0.2) is 29.8 Å². The molecule has 2 heterocycles. The third-order valence-corrected chi connectivity index (χ3v) is 3.55. The minimum Gasteiger partial charge on any atom is -0.329 e. The third-order valence-electron chi connectivity index (χ3n) is 2.78. The van der Waals surface area contributed by atoms with Crippen LogP contribution >= 0.6 is 11.3 Å². The Morgan fingerprint density at radius 1 is 1.42 bits per heavy atom. The molecule has 2 aromatic rings. The number of pyridine rings is 1. The zero-order valence-electron chi connectivity index (χ0n) is 11.3. The van der Waals surface area contributed by atoms with Crippen molar-refractivity contribution in [3.63, 3.8) is 0 Å². The van der Waals surface area contributed by atoms with Gasteiger partial charge in [0.05, 0.1) is 17.2 Å². The molecule has 0 aliphatic carbocycles. The van der Waals surface area contributed by atoms with Crippen LogP contribution in [0.25, 0.3) is 0 Å². The van der Waals surface area contributed by atoms with E-state index in [1.54, 1.807) is 11.1 Å². The number of rotatable bonds is 4. The summed E-state index contributed by atoms with van der Waals surface area (Å²) in [7, 11) is 0. The highest BCUT2D eigenvalue weighted by atomic mass is 32.1. The largest absolute Gasteiger partial charge is 0.329 e. The molecule has 0 radical (unpaired) electrons. The predicted molar refractivity (Wildman–Crippen MR) is 76.1 cm³/mol. The summed E-state index contributed by atoms with van der Waals surface area (Å²) in [6, 6.07) is 5.83. The van der Waals surface area contributed by atoms with Gasteiger partial charge in [-0.3, -0.25) is 9.78 Å². The monoisotopic (exact) mass is 275 g/mol. The van der Waals surface area contributed by atoms with E-state index in [0.29, 0.717) is 12.2 Å². The molecule has 0 aliphatic rings. The number of carbonyl (C=O) groups excluding carboxylic acids is 1. The Bertz CT molecular complexity index is 551. The summed E-state index contributed by atoms with van der Waals surface area (Å²) < 4.78 is 0. The molecule has 100 valence electrons. The molecule has 0 N–H and O–H groups in total. The lowest BCUT2D eigenvalue weighted by Crippen LogP contribution is -2.36. The Morgan fingerprint density at radius 2 is 2.21 bits per heavy atom. The van der Waals surface area contributed by atoms with E-state index in [-0.39, 0.29) is 11.9 Å². The molecule has 4 nitrogen and oxygen atoms in total. The van der Waals surface area contributed by atoms with Crippen molar-refractivity contribution in [1.82, 2.24) is 14.9 Å². The summed E-state index contributed by atoms with van der Waals surface area (Å²) in [5.74, 6) is -0.0370. The van der Waals surface area contributed by atoms with Gasteiger partial charge in [-0.2, -0.15) is 0 Å². The van der Waals surface area contributed by atoms with Crippen LogP contribution in [0.2, 0.25) is 0 Å². The summed E-state index contributed by atoms with van der Waals surface area (Å²) >= 11 is 1.49. The van der Waals surface area contributed by atoms with Gasteiger partial charge in [-0.1, -0.05) is 6.07 Å². The average molecular weight is 275 g/mol. The molecule has 5 heteroatoms. The molecule has 0 bridgehead atoms. The molecule has 0 spiro atoms. The Balaban J connectivity index is 2.19. The summed E-state index contributed by atoms with van der Waals surface area (Å²) in [4.78, 5) is 22.8. The molecule has 0 fully saturated rings. The third kappa shape index (κ3) is 3.38. The Hall–Kier alpha value is -1.75. The minimum absolute atomic E-state index is 0.0370. The van der Waals surface area contributed by atoms with Crippen LogP contribution in [0.4, 0.5) is 0 Å². The molecule has 19 heavy (non-hydrogen) atoms. The molecule has 0 saturated heterocycles. The van der Waals surface area contributed by atoms with Gasteiger partial charge in [-0.25, -0.2) is 4.98 Å². The lowest BCUT2D eigenvalue weighted by molar-refractivity contribution is 0.0682. The minimum atomic E-state index is -0.0370. The van der Waals surface area contributed by atoms with Gasteiger partial charge in [0, 0.05) is 17.6 Å². The van der Waals surface area contributed by atoms with E-state index >= 15 is 0 Å². The van der Waals surface area contributed by atoms with E-state index in [1.165, 1.54) is 11.3 Å². The van der Waals surface area contributed by atoms with E-state index < -0.39 is 0 Å². The number of amides is 1. The first-order valence-corrected chi connectivity index (χ1v) is 7.09. The van der Waals surface area contributed by atoms with E-state index in [4.69, 9.17) is 0 Å². The van der Waals surface area contributed by atoms with Gasteiger partial charge in [0.1, 0.15) is 5.69 Å². The van der Waals surface area contributed by atoms with Crippen LogP contribution in [0.3, 0.4) is 0 Å². The first-order valence-electron chi connectivity index (χ1n) is 6.21. The number of nitrogens with zero attached hydrogens (tertiary/aromatic N) is 3. The molecule has 2 rings (SSSR count). The van der Waals surface area contributed by atoms with E-state index in [0.717, 1.165) is 10.7 Å². The van der Waals surface area contributed by atoms with Gasteiger partial charge < -0.3 is 4.90 Å². The highest BCUT2D eigenvalue weighted by Gasteiger charge is 2.21. The van der Waals surface area contributed by atoms with Crippen LogP contribution in [0.5, 0.6) is 0 Å². The Kier molecular flexibility index (Phi) is 4.27. The van der Waals surface area contributed by atoms with Crippen molar-refractivity contribution >= 4 is 17.2 Å². The molecular formula is C14H17N3OS. The first kappa shape index (κ1) is 13.7. The molecule has 0 saturated carbocycles. The van der Waals surface area contributed by atoms with Crippen molar-refractivity contribution in [3.05, 3.63) is 46.2 Å². The SMILES string of the molecule is Cc1nc(C(=O)N(Cc2ccccn2)C(C)C)cs1. The highest BCUT2D eigenvalue weighted by molar-refractivity contribution is 7.09. The van der Waals surface area contributed by atoms with E-state index in [9.17, 15) is 4.79 Å². The number of carbonyl (C=O) groups is 1. The summed E-state index contributed by atoms with van der Waals surface area (Å²) in [5, 5.41) is 2.72. The summed E-state index contributed by atoms with van der Waals surface area (Å²) in [5.41, 5.74) is 1.41. The first-order chi connectivity index (χ1) is 9.08. The van der Waals surface area contributed by atoms with Crippen molar-refractivity contribution in [2.45, 2.75) is 33.4 Å². The van der Waals surface area contributed by atoms with E-state index in [2.05, 4.69) is 9.97 Å². The fraction of sp³-hybridized carbons (Fsp3) is 0.357. The number of aromatic nitrogens is 2. The second-order valence-corrected chi connectivity index (χ2v) is 5.66. The standard InChI is InChI=1S/C14H17N3OS/c1-10(2)17(8-12-6-4-5-7-15-12)14(18)13-9-19-11(3)16-13/h4-7,9-10H,8H2,1-3H3. The van der Waals surface area contributed by atoms with Gasteiger partial charge in [-0.15, -0.1) is 11.3 Å². The van der Waals surface area contributed by atoms with Crippen LogP contribution < -0.4 is 0 Å². The topological polar surface area (TPSA) is 46.1 Å². The quantitative estimate of drug-likeness (QED) is 0.862. The van der Waals surface area contributed by atoms with Gasteiger partial charge in [0.15, 0.2) is 0 Å². The summed E-state index contributed by atoms with van der Waals surface area (Å²) in [6.45, 7) is 6.41. The molecule has 0 aromatic carbocycles. The van der Waals surface area contributed by atoms with Gasteiger partial charge in [0.2, 0.25) is 0 Å². The zero-order chi connectivity index (χ0) is 13.8. The molecule has 0 atom stereocenters. The number of aryl methyl sites for hydroxylation is 1. The fourth-order valence-corrected chi connectivity index (χ4v) is 2.35. The van der Waals surface area contributed by atoms with Crippen molar-refractivity contribution < 1.29 is 4.79 Å². The maximum absolute atomic E-state index is 12.4. The Labute approximate surface area is 117 Å². The van der Waals surface area contributed by atoms with Gasteiger partial charge in [0.25, 0.3) is 5.91 Å². The van der Waals surface area contributed by atoms with Gasteiger partial charge in [-0.05, 0) is 32.9 Å². The lowest BCUT2D eigenvalue weighted by Gasteiger charge is -2.25. The maximum atomic E-state index is 12.4. The average Bonchev–Trinajstić information content (AvgIpc) is 2.83. The smallest absolute Gasteiger partial charge is 0.273 e. The predicted octanol–water partition coefficient (Wildman–Crippen LogP) is 2.90. The molecule has 0 aliphatic heterocycles. The van der Waals surface area contributed by atoms with Crippen LogP contribution in [0, 0.1) is 6.92 Å². The van der Waals surface area contributed by atoms with Crippen molar-refractivity contribution in [2.24, 2.45) is 0 Å². The Morgan fingerprint density at radius 3 is 2.74 bits per heavy atom. The summed E-state index contributed by atoms with van der Waals surface area (Å²) in [6.07, 6.45) is 1.74. The lowest BCUT2D eigenvalue weighted by atomic mass is 10.2. The molecule has 0 unspecified atom stereocenters. The zero-order valence-corrected chi connectivity index (χ0v) is 12.1. The fourth-order valence-electron chi connectivity index (χ4n) is 1.76. The van der Waals surface area contributed by atoms with Crippen molar-refractivity contribution in [1.29, 1.82) is 0 Å². The van der Waals surface area contributed by atoms with E-state index in [1.807, 2.05) is 44.4 Å². The number of hydrogen-bond donors (Lipinski definition) is 0. The highest BCUT2D eigenvalue weighted by Crippen LogP contribution is 2.14. The molecule has 2 aromatic heterocycles. The number of hydrogen-bond acceptors (Lipinski definition) is 4. The maximum Gasteiger partial charge on any atom is 0.273 e. The second kappa shape index (κ2) is 5.93. The number of thiazole rings is 1. The van der Waals surface area contributed by atoms with Crippen LogP contribution in [-0.4, -0.2) is 26.8 Å². The van der Waals surface area contributed by atoms with Crippen molar-refractivity contribution in [2.75, 3.05) is 0 Å². The van der Waals surface area contributed by atoms with Gasteiger partial charge >= 0.3 is 0 Å². The van der Waals surface area contributed by atoms with Crippen molar-refractivity contribution in [3.8, 4) is 0 Å². The molecule has 1 amide bonds.